The van der Waals surface area contributed by atoms with Gasteiger partial charge in [0.1, 0.15) is 5.82 Å². The molecular formula is C17H19ClFN. The molecule has 3 heteroatoms. The summed E-state index contributed by atoms with van der Waals surface area (Å²) in [4.78, 5) is 0. The summed E-state index contributed by atoms with van der Waals surface area (Å²) < 4.78 is 13.8. The Bertz CT molecular complexity index is 583. The molecule has 2 aromatic rings. The van der Waals surface area contributed by atoms with E-state index in [0.29, 0.717) is 17.0 Å². The highest BCUT2D eigenvalue weighted by Crippen LogP contribution is 2.17. The van der Waals surface area contributed by atoms with E-state index in [4.69, 9.17) is 11.6 Å². The van der Waals surface area contributed by atoms with Gasteiger partial charge >= 0.3 is 0 Å². The van der Waals surface area contributed by atoms with Gasteiger partial charge in [-0.15, -0.1) is 0 Å². The van der Waals surface area contributed by atoms with Crippen molar-refractivity contribution < 1.29 is 4.39 Å². The molecule has 0 saturated heterocycles. The summed E-state index contributed by atoms with van der Waals surface area (Å²) >= 11 is 5.78. The first-order chi connectivity index (χ1) is 9.58. The molecule has 0 spiro atoms. The molecule has 0 saturated carbocycles. The molecule has 1 atom stereocenters. The largest absolute Gasteiger partial charge is 0.316 e. The van der Waals surface area contributed by atoms with Crippen LogP contribution in [0.15, 0.2) is 42.5 Å². The van der Waals surface area contributed by atoms with Crippen LogP contribution in [0.5, 0.6) is 0 Å². The lowest BCUT2D eigenvalue weighted by molar-refractivity contribution is 0.532. The molecule has 106 valence electrons. The molecule has 20 heavy (non-hydrogen) atoms. The Kier molecular flexibility index (Phi) is 5.16. The number of hydrogen-bond acceptors (Lipinski definition) is 1. The van der Waals surface area contributed by atoms with Crippen LogP contribution in [-0.2, 0) is 12.8 Å². The van der Waals surface area contributed by atoms with E-state index in [1.807, 2.05) is 7.05 Å². The van der Waals surface area contributed by atoms with Gasteiger partial charge in [0.2, 0.25) is 0 Å². The van der Waals surface area contributed by atoms with Crippen LogP contribution in [0.3, 0.4) is 0 Å². The van der Waals surface area contributed by atoms with Crippen LogP contribution < -0.4 is 5.32 Å². The number of aryl methyl sites for hydroxylation is 1. The molecule has 1 nitrogen and oxygen atoms in total. The monoisotopic (exact) mass is 291 g/mol. The van der Waals surface area contributed by atoms with Crippen molar-refractivity contribution in [2.45, 2.75) is 25.8 Å². The summed E-state index contributed by atoms with van der Waals surface area (Å²) in [5.41, 5.74) is 3.20. The second-order valence-corrected chi connectivity index (χ2v) is 5.56. The van der Waals surface area contributed by atoms with Gasteiger partial charge in [0, 0.05) is 11.1 Å². The Labute approximate surface area is 124 Å². The van der Waals surface area contributed by atoms with E-state index in [1.54, 1.807) is 12.1 Å². The second-order valence-electron chi connectivity index (χ2n) is 5.12. The minimum absolute atomic E-state index is 0.201. The second kappa shape index (κ2) is 6.87. The first-order valence-electron chi connectivity index (χ1n) is 6.75. The summed E-state index contributed by atoms with van der Waals surface area (Å²) in [6.07, 6.45) is 1.52. The van der Waals surface area contributed by atoms with Crippen molar-refractivity contribution in [3.63, 3.8) is 0 Å². The predicted molar refractivity (Wildman–Crippen MR) is 82.8 cm³/mol. The van der Waals surface area contributed by atoms with Crippen LogP contribution in [0.1, 0.15) is 16.7 Å². The molecular weight excluding hydrogens is 273 g/mol. The fourth-order valence-corrected chi connectivity index (χ4v) is 2.51. The van der Waals surface area contributed by atoms with Crippen molar-refractivity contribution in [3.8, 4) is 0 Å². The number of halogens is 2. The molecule has 0 aliphatic rings. The molecule has 2 aromatic carbocycles. The van der Waals surface area contributed by atoms with Crippen LogP contribution >= 0.6 is 11.6 Å². The van der Waals surface area contributed by atoms with Gasteiger partial charge in [-0.2, -0.15) is 0 Å². The molecule has 2 rings (SSSR count). The molecule has 0 aromatic heterocycles. The molecule has 0 heterocycles. The van der Waals surface area contributed by atoms with Crippen molar-refractivity contribution in [3.05, 3.63) is 70.0 Å². The van der Waals surface area contributed by atoms with Gasteiger partial charge in [-0.1, -0.05) is 47.5 Å². The van der Waals surface area contributed by atoms with Crippen molar-refractivity contribution >= 4 is 11.6 Å². The Morgan fingerprint density at radius 1 is 1.15 bits per heavy atom. The molecule has 0 aliphatic heterocycles. The van der Waals surface area contributed by atoms with E-state index in [9.17, 15) is 4.39 Å². The third-order valence-electron chi connectivity index (χ3n) is 3.45. The third kappa shape index (κ3) is 4.06. The van der Waals surface area contributed by atoms with E-state index in [0.717, 1.165) is 6.42 Å². The van der Waals surface area contributed by atoms with Crippen molar-refractivity contribution in [2.24, 2.45) is 0 Å². The fraction of sp³-hybridized carbons (Fsp3) is 0.294. The highest BCUT2D eigenvalue weighted by molar-refractivity contribution is 6.30. The smallest absolute Gasteiger partial charge is 0.127 e. The third-order valence-corrected chi connectivity index (χ3v) is 3.69. The zero-order chi connectivity index (χ0) is 14.5. The number of rotatable bonds is 5. The molecule has 0 amide bonds. The van der Waals surface area contributed by atoms with E-state index in [2.05, 4.69) is 36.5 Å². The van der Waals surface area contributed by atoms with Crippen molar-refractivity contribution in [2.75, 3.05) is 7.05 Å². The van der Waals surface area contributed by atoms with Gasteiger partial charge in [0.25, 0.3) is 0 Å². The summed E-state index contributed by atoms with van der Waals surface area (Å²) in [6, 6.07) is 13.5. The summed E-state index contributed by atoms with van der Waals surface area (Å²) in [6.45, 7) is 2.08. The Morgan fingerprint density at radius 3 is 2.60 bits per heavy atom. The van der Waals surface area contributed by atoms with Gasteiger partial charge in [0.15, 0.2) is 0 Å². The van der Waals surface area contributed by atoms with Crippen molar-refractivity contribution in [1.29, 1.82) is 0 Å². The standard InChI is InChI=1S/C17H19ClFN/c1-12-4-3-5-13(8-12)9-16(20-2)10-14-6-7-15(18)11-17(14)19/h3-8,11,16,20H,9-10H2,1-2H3. The maximum Gasteiger partial charge on any atom is 0.127 e. The minimum Gasteiger partial charge on any atom is -0.316 e. The zero-order valence-corrected chi connectivity index (χ0v) is 12.5. The highest BCUT2D eigenvalue weighted by atomic mass is 35.5. The van der Waals surface area contributed by atoms with Crippen LogP contribution in [0.4, 0.5) is 4.39 Å². The number of likely N-dealkylation sites (N-methyl/N-ethyl adjacent to an activating group) is 1. The molecule has 0 radical (unpaired) electrons. The predicted octanol–water partition coefficient (Wildman–Crippen LogP) is 4.16. The molecule has 0 fully saturated rings. The number of nitrogens with one attached hydrogen (secondary N) is 1. The SMILES string of the molecule is CNC(Cc1cccc(C)c1)Cc1ccc(Cl)cc1F. The maximum absolute atomic E-state index is 13.8. The highest BCUT2D eigenvalue weighted by Gasteiger charge is 2.12. The van der Waals surface area contributed by atoms with Crippen LogP contribution in [-0.4, -0.2) is 13.1 Å². The minimum atomic E-state index is -0.234. The van der Waals surface area contributed by atoms with Gasteiger partial charge < -0.3 is 5.32 Å². The first-order valence-corrected chi connectivity index (χ1v) is 7.13. The number of benzene rings is 2. The summed E-state index contributed by atoms with van der Waals surface area (Å²) in [5.74, 6) is -0.234. The molecule has 0 aliphatic carbocycles. The quantitative estimate of drug-likeness (QED) is 0.872. The van der Waals surface area contributed by atoms with Gasteiger partial charge in [0.05, 0.1) is 0 Å². The van der Waals surface area contributed by atoms with E-state index >= 15 is 0 Å². The zero-order valence-electron chi connectivity index (χ0n) is 11.8. The maximum atomic E-state index is 13.8. The lowest BCUT2D eigenvalue weighted by Gasteiger charge is -2.17. The van der Waals surface area contributed by atoms with Gasteiger partial charge in [-0.3, -0.25) is 0 Å². The number of hydrogen-bond donors (Lipinski definition) is 1. The van der Waals surface area contributed by atoms with E-state index < -0.39 is 0 Å². The lowest BCUT2D eigenvalue weighted by atomic mass is 9.98. The van der Waals surface area contributed by atoms with E-state index in [-0.39, 0.29) is 11.9 Å². The normalized spacial score (nSPS) is 12.4. The first kappa shape index (κ1) is 15.0. The van der Waals surface area contributed by atoms with Crippen LogP contribution in [0, 0.1) is 12.7 Å². The fourth-order valence-electron chi connectivity index (χ4n) is 2.35. The molecule has 1 unspecified atom stereocenters. The van der Waals surface area contributed by atoms with Crippen LogP contribution in [0.25, 0.3) is 0 Å². The average Bonchev–Trinajstić information content (AvgIpc) is 2.41. The Hall–Kier alpha value is -1.38. The molecule has 0 bridgehead atoms. The summed E-state index contributed by atoms with van der Waals surface area (Å²) in [7, 11) is 1.91. The Balaban J connectivity index is 2.09. The van der Waals surface area contributed by atoms with Crippen molar-refractivity contribution in [1.82, 2.24) is 5.32 Å². The Morgan fingerprint density at radius 2 is 1.95 bits per heavy atom. The average molecular weight is 292 g/mol. The molecule has 1 N–H and O–H groups in total. The van der Waals surface area contributed by atoms with Gasteiger partial charge in [-0.05, 0) is 50.1 Å². The van der Waals surface area contributed by atoms with E-state index in [1.165, 1.54) is 17.2 Å². The van der Waals surface area contributed by atoms with Gasteiger partial charge in [-0.25, -0.2) is 4.39 Å². The lowest BCUT2D eigenvalue weighted by Crippen LogP contribution is -2.30. The van der Waals surface area contributed by atoms with Crippen LogP contribution in [0.2, 0.25) is 5.02 Å². The topological polar surface area (TPSA) is 12.0 Å². The summed E-state index contributed by atoms with van der Waals surface area (Å²) in [5, 5.41) is 3.70.